The van der Waals surface area contributed by atoms with Crippen LogP contribution in [-0.4, -0.2) is 14.5 Å². The first kappa shape index (κ1) is 34.9. The zero-order chi connectivity index (χ0) is 40.3. The summed E-state index contributed by atoms with van der Waals surface area (Å²) in [4.78, 5) is 10.2. The van der Waals surface area contributed by atoms with Gasteiger partial charge in [0.05, 0.1) is 34.0 Å². The molecule has 0 unspecified atom stereocenters. The highest BCUT2D eigenvalue weighted by atomic mass is 15.0. The molecule has 61 heavy (non-hydrogen) atoms. The summed E-state index contributed by atoms with van der Waals surface area (Å²) < 4.78 is 2.38. The quantitative estimate of drug-likeness (QED) is 0.158. The van der Waals surface area contributed by atoms with E-state index in [4.69, 9.17) is 9.97 Å². The summed E-state index contributed by atoms with van der Waals surface area (Å²) in [5.41, 5.74) is 16.8. The van der Waals surface area contributed by atoms with Crippen LogP contribution in [0.25, 0.3) is 116 Å². The molecule has 284 valence electrons. The second kappa shape index (κ2) is 14.3. The third-order valence-electron chi connectivity index (χ3n) is 12.2. The van der Waals surface area contributed by atoms with Gasteiger partial charge in [0.15, 0.2) is 0 Å². The normalized spacial score (nSPS) is 11.6. The van der Waals surface area contributed by atoms with Crippen LogP contribution in [0, 0.1) is 0 Å². The SMILES string of the molecule is c1ccc(-n2c3ccccc3c3ccc(-c4cccc(-c5cccc(-c6ccc(-c7ccc(-c8cnc9c%10ccccc%10c%10ccccc%10c9n8)cc7)cc6)c5)c4)cc32)cc1. The monoisotopic (exact) mass is 775 g/mol. The number of nitrogens with zero attached hydrogens (tertiary/aromatic N) is 3. The first-order valence-corrected chi connectivity index (χ1v) is 20.8. The predicted octanol–water partition coefficient (Wildman–Crippen LogP) is 15.4. The fourth-order valence-corrected chi connectivity index (χ4v) is 9.21. The highest BCUT2D eigenvalue weighted by Crippen LogP contribution is 2.38. The van der Waals surface area contributed by atoms with Crippen LogP contribution in [0.4, 0.5) is 0 Å². The summed E-state index contributed by atoms with van der Waals surface area (Å²) in [7, 11) is 0. The van der Waals surface area contributed by atoms with Crippen molar-refractivity contribution >= 4 is 54.4 Å². The Bertz CT molecular complexity index is 3590. The van der Waals surface area contributed by atoms with Crippen molar-refractivity contribution in [1.82, 2.24) is 14.5 Å². The minimum atomic E-state index is 0.869. The maximum atomic E-state index is 5.19. The summed E-state index contributed by atoms with van der Waals surface area (Å²) >= 11 is 0. The lowest BCUT2D eigenvalue weighted by Crippen LogP contribution is -1.93. The first-order valence-electron chi connectivity index (χ1n) is 20.8. The second-order valence-corrected chi connectivity index (χ2v) is 15.8. The molecule has 0 fully saturated rings. The average Bonchev–Trinajstić information content (AvgIpc) is 3.68. The molecule has 12 rings (SSSR count). The summed E-state index contributed by atoms with van der Waals surface area (Å²) in [5, 5.41) is 7.18. The third kappa shape index (κ3) is 5.98. The van der Waals surface area contributed by atoms with Gasteiger partial charge in [-0.05, 0) is 91.7 Å². The van der Waals surface area contributed by atoms with E-state index in [1.807, 2.05) is 6.20 Å². The number of fused-ring (bicyclic) bond motifs is 9. The summed E-state index contributed by atoms with van der Waals surface area (Å²) in [6, 6.07) is 78.5. The Balaban J connectivity index is 0.821. The van der Waals surface area contributed by atoms with Gasteiger partial charge >= 0.3 is 0 Å². The lowest BCUT2D eigenvalue weighted by molar-refractivity contribution is 1.18. The van der Waals surface area contributed by atoms with E-state index in [1.165, 1.54) is 71.5 Å². The maximum Gasteiger partial charge on any atom is 0.0979 e. The minimum absolute atomic E-state index is 0.869. The predicted molar refractivity (Wildman–Crippen MR) is 256 cm³/mol. The zero-order valence-corrected chi connectivity index (χ0v) is 33.2. The number of para-hydroxylation sites is 2. The fourth-order valence-electron chi connectivity index (χ4n) is 9.21. The lowest BCUT2D eigenvalue weighted by atomic mass is 9.95. The van der Waals surface area contributed by atoms with Gasteiger partial charge < -0.3 is 4.57 Å². The second-order valence-electron chi connectivity index (χ2n) is 15.8. The van der Waals surface area contributed by atoms with Crippen molar-refractivity contribution in [3.05, 3.63) is 225 Å². The molecular formula is C58H37N3. The van der Waals surface area contributed by atoms with Gasteiger partial charge in [-0.3, -0.25) is 4.98 Å². The van der Waals surface area contributed by atoms with Crippen molar-refractivity contribution in [2.45, 2.75) is 0 Å². The third-order valence-corrected chi connectivity index (χ3v) is 12.2. The van der Waals surface area contributed by atoms with Crippen molar-refractivity contribution < 1.29 is 0 Å². The molecule has 3 heteroatoms. The Hall–Kier alpha value is -8.14. The Labute approximate surface area is 353 Å². The Kier molecular flexibility index (Phi) is 8.17. The number of hydrogen-bond donors (Lipinski definition) is 0. The topological polar surface area (TPSA) is 30.7 Å². The summed E-state index contributed by atoms with van der Waals surface area (Å²) in [6.45, 7) is 0. The highest BCUT2D eigenvalue weighted by molar-refractivity contribution is 6.23. The Morgan fingerprint density at radius 2 is 0.721 bits per heavy atom. The summed E-state index contributed by atoms with van der Waals surface area (Å²) in [5.74, 6) is 0. The number of hydrogen-bond acceptors (Lipinski definition) is 2. The van der Waals surface area contributed by atoms with E-state index in [0.29, 0.717) is 0 Å². The molecule has 0 aliphatic rings. The largest absolute Gasteiger partial charge is 0.309 e. The Morgan fingerprint density at radius 1 is 0.279 bits per heavy atom. The van der Waals surface area contributed by atoms with Gasteiger partial charge in [0, 0.05) is 32.8 Å². The van der Waals surface area contributed by atoms with Crippen LogP contribution in [0.1, 0.15) is 0 Å². The van der Waals surface area contributed by atoms with Crippen molar-refractivity contribution in [3.63, 3.8) is 0 Å². The molecule has 12 aromatic rings. The van der Waals surface area contributed by atoms with Crippen LogP contribution in [0.15, 0.2) is 225 Å². The van der Waals surface area contributed by atoms with Gasteiger partial charge in [-0.25, -0.2) is 4.98 Å². The molecule has 0 aliphatic carbocycles. The molecule has 0 aliphatic heterocycles. The molecule has 0 bridgehead atoms. The average molecular weight is 776 g/mol. The molecule has 2 aromatic heterocycles. The van der Waals surface area contributed by atoms with Crippen molar-refractivity contribution in [2.24, 2.45) is 0 Å². The molecule has 2 heterocycles. The van der Waals surface area contributed by atoms with E-state index in [0.717, 1.165) is 44.3 Å². The molecule has 3 nitrogen and oxygen atoms in total. The summed E-state index contributed by atoms with van der Waals surface area (Å²) in [6.07, 6.45) is 1.91. The van der Waals surface area contributed by atoms with Crippen LogP contribution in [0.3, 0.4) is 0 Å². The van der Waals surface area contributed by atoms with Gasteiger partial charge in [0.25, 0.3) is 0 Å². The van der Waals surface area contributed by atoms with Gasteiger partial charge in [-0.1, -0.05) is 182 Å². The molecule has 0 amide bonds. The van der Waals surface area contributed by atoms with E-state index < -0.39 is 0 Å². The maximum absolute atomic E-state index is 5.19. The van der Waals surface area contributed by atoms with Crippen molar-refractivity contribution in [1.29, 1.82) is 0 Å². The molecule has 0 saturated carbocycles. The van der Waals surface area contributed by atoms with E-state index in [9.17, 15) is 0 Å². The van der Waals surface area contributed by atoms with E-state index in [1.54, 1.807) is 0 Å². The van der Waals surface area contributed by atoms with Crippen LogP contribution in [-0.2, 0) is 0 Å². The Morgan fingerprint density at radius 3 is 1.34 bits per heavy atom. The molecule has 0 radical (unpaired) electrons. The molecule has 0 atom stereocenters. The molecule has 0 saturated heterocycles. The minimum Gasteiger partial charge on any atom is -0.309 e. The van der Waals surface area contributed by atoms with Crippen LogP contribution in [0.2, 0.25) is 0 Å². The van der Waals surface area contributed by atoms with Crippen molar-refractivity contribution in [3.8, 4) is 61.5 Å². The van der Waals surface area contributed by atoms with Crippen LogP contribution < -0.4 is 0 Å². The molecule has 10 aromatic carbocycles. The van der Waals surface area contributed by atoms with E-state index in [-0.39, 0.29) is 0 Å². The van der Waals surface area contributed by atoms with Gasteiger partial charge in [-0.15, -0.1) is 0 Å². The fraction of sp³-hybridized carbons (Fsp3) is 0. The highest BCUT2D eigenvalue weighted by Gasteiger charge is 2.15. The standard InChI is InChI=1S/C58H37N3/c1-2-16-47(17-3-1)61-55-23-9-8-20-50(55)51-33-32-46(36-56(51)61)45-15-11-14-44(35-45)43-13-10-12-42(34-43)40-26-24-38(25-27-40)39-28-30-41(31-29-39)54-37-59-57-52-21-6-4-18-48(52)49-19-5-7-22-53(49)58(57)60-54/h1-37H. The zero-order valence-electron chi connectivity index (χ0n) is 33.2. The first-order chi connectivity index (χ1) is 30.2. The number of benzene rings is 10. The van der Waals surface area contributed by atoms with Crippen molar-refractivity contribution in [2.75, 3.05) is 0 Å². The van der Waals surface area contributed by atoms with Crippen LogP contribution in [0.5, 0.6) is 0 Å². The molecule has 0 N–H and O–H groups in total. The van der Waals surface area contributed by atoms with E-state index in [2.05, 4.69) is 223 Å². The van der Waals surface area contributed by atoms with E-state index >= 15 is 0 Å². The van der Waals surface area contributed by atoms with Gasteiger partial charge in [-0.2, -0.15) is 0 Å². The molecular weight excluding hydrogens is 739 g/mol. The van der Waals surface area contributed by atoms with Gasteiger partial charge in [0.2, 0.25) is 0 Å². The lowest BCUT2D eigenvalue weighted by Gasteiger charge is -2.11. The molecule has 0 spiro atoms. The van der Waals surface area contributed by atoms with Gasteiger partial charge in [0.1, 0.15) is 0 Å². The van der Waals surface area contributed by atoms with Crippen LogP contribution >= 0.6 is 0 Å². The number of rotatable bonds is 6. The smallest absolute Gasteiger partial charge is 0.0979 e. The number of aromatic nitrogens is 3.